The highest BCUT2D eigenvalue weighted by molar-refractivity contribution is 7.80. The highest BCUT2D eigenvalue weighted by Crippen LogP contribution is 2.43. The second-order valence-corrected chi connectivity index (χ2v) is 8.05. The molecule has 1 aliphatic heterocycles. The van der Waals surface area contributed by atoms with Gasteiger partial charge in [-0.1, -0.05) is 24.3 Å². The van der Waals surface area contributed by atoms with Gasteiger partial charge in [0.1, 0.15) is 0 Å². The SMILES string of the molecule is COc1ccc([C@@H]2c3cc(OC)c(OC)cc3CCN2C(=S)Nc2ccccc2)cc1OC. The van der Waals surface area contributed by atoms with Crippen LogP contribution in [0.1, 0.15) is 22.7 Å². The van der Waals surface area contributed by atoms with E-state index >= 15 is 0 Å². The van der Waals surface area contributed by atoms with E-state index < -0.39 is 0 Å². The van der Waals surface area contributed by atoms with Gasteiger partial charge in [0.05, 0.1) is 34.5 Å². The summed E-state index contributed by atoms with van der Waals surface area (Å²) in [5.74, 6) is 2.76. The molecule has 0 spiro atoms. The van der Waals surface area contributed by atoms with Crippen LogP contribution in [0.4, 0.5) is 5.69 Å². The molecule has 1 N–H and O–H groups in total. The lowest BCUT2D eigenvalue weighted by atomic mass is 9.87. The Hall–Kier alpha value is -3.45. The standard InChI is InChI=1S/C26H28N2O4S/c1-29-21-11-10-18(15-22(21)30-2)25-20-16-24(32-4)23(31-3)14-17(20)12-13-28(25)26(33)27-19-8-6-5-7-9-19/h5-11,14-16,25H,12-13H2,1-4H3,(H,27,33)/t25-/m1/s1. The predicted octanol–water partition coefficient (Wildman–Crippen LogP) is 5.07. The van der Waals surface area contributed by atoms with Crippen LogP contribution in [0.15, 0.2) is 60.7 Å². The van der Waals surface area contributed by atoms with Crippen LogP contribution in [0.2, 0.25) is 0 Å². The number of nitrogens with one attached hydrogen (secondary N) is 1. The summed E-state index contributed by atoms with van der Waals surface area (Å²) in [5, 5.41) is 4.04. The maximum atomic E-state index is 5.88. The van der Waals surface area contributed by atoms with Gasteiger partial charge in [-0.15, -0.1) is 0 Å². The van der Waals surface area contributed by atoms with E-state index in [4.69, 9.17) is 31.2 Å². The Balaban J connectivity index is 1.81. The fourth-order valence-corrected chi connectivity index (χ4v) is 4.58. The van der Waals surface area contributed by atoms with Crippen LogP contribution < -0.4 is 24.3 Å². The van der Waals surface area contributed by atoms with E-state index in [0.29, 0.717) is 22.4 Å². The lowest BCUT2D eigenvalue weighted by Gasteiger charge is -2.40. The Labute approximate surface area is 200 Å². The summed E-state index contributed by atoms with van der Waals surface area (Å²) in [6.45, 7) is 0.750. The zero-order valence-electron chi connectivity index (χ0n) is 19.3. The van der Waals surface area contributed by atoms with E-state index in [-0.39, 0.29) is 6.04 Å². The number of nitrogens with zero attached hydrogens (tertiary/aromatic N) is 1. The largest absolute Gasteiger partial charge is 0.493 e. The molecule has 0 bridgehead atoms. The van der Waals surface area contributed by atoms with E-state index in [1.807, 2.05) is 48.5 Å². The molecule has 4 rings (SSSR count). The number of ether oxygens (including phenoxy) is 4. The Morgan fingerprint density at radius 3 is 2.12 bits per heavy atom. The van der Waals surface area contributed by atoms with Crippen LogP contribution in [0.3, 0.4) is 0 Å². The highest BCUT2D eigenvalue weighted by atomic mass is 32.1. The minimum atomic E-state index is -0.142. The number of hydrogen-bond acceptors (Lipinski definition) is 5. The molecule has 0 amide bonds. The van der Waals surface area contributed by atoms with Crippen LogP contribution in [-0.4, -0.2) is 45.0 Å². The highest BCUT2D eigenvalue weighted by Gasteiger charge is 2.32. The monoisotopic (exact) mass is 464 g/mol. The quantitative estimate of drug-likeness (QED) is 0.512. The molecule has 0 unspecified atom stereocenters. The summed E-state index contributed by atoms with van der Waals surface area (Å²) in [7, 11) is 6.58. The minimum absolute atomic E-state index is 0.142. The first-order valence-corrected chi connectivity index (χ1v) is 11.1. The molecular weight excluding hydrogens is 436 g/mol. The number of methoxy groups -OCH3 is 4. The summed E-state index contributed by atoms with van der Waals surface area (Å²) in [6, 6.07) is 19.9. The van der Waals surface area contributed by atoms with Gasteiger partial charge < -0.3 is 29.2 Å². The van der Waals surface area contributed by atoms with Crippen LogP contribution in [-0.2, 0) is 6.42 Å². The van der Waals surface area contributed by atoms with Crippen LogP contribution in [0, 0.1) is 0 Å². The van der Waals surface area contributed by atoms with Crippen molar-refractivity contribution in [2.75, 3.05) is 40.3 Å². The molecule has 6 nitrogen and oxygen atoms in total. The Morgan fingerprint density at radius 1 is 0.818 bits per heavy atom. The molecular formula is C26H28N2O4S. The second kappa shape index (κ2) is 10.0. The van der Waals surface area contributed by atoms with Crippen LogP contribution in [0.25, 0.3) is 0 Å². The molecule has 0 aromatic heterocycles. The van der Waals surface area contributed by atoms with Crippen molar-refractivity contribution in [2.24, 2.45) is 0 Å². The molecule has 0 aliphatic carbocycles. The Kier molecular flexibility index (Phi) is 6.89. The van der Waals surface area contributed by atoms with E-state index in [1.54, 1.807) is 28.4 Å². The number of fused-ring (bicyclic) bond motifs is 1. The summed E-state index contributed by atoms with van der Waals surface area (Å²) in [6.07, 6.45) is 0.829. The van der Waals surface area contributed by atoms with Crippen molar-refractivity contribution in [3.63, 3.8) is 0 Å². The van der Waals surface area contributed by atoms with Crippen molar-refractivity contribution in [1.82, 2.24) is 4.90 Å². The van der Waals surface area contributed by atoms with E-state index in [2.05, 4.69) is 22.3 Å². The molecule has 7 heteroatoms. The van der Waals surface area contributed by atoms with E-state index in [9.17, 15) is 0 Å². The molecule has 0 radical (unpaired) electrons. The maximum Gasteiger partial charge on any atom is 0.174 e. The first-order valence-electron chi connectivity index (χ1n) is 10.7. The fraction of sp³-hybridized carbons (Fsp3) is 0.269. The van der Waals surface area contributed by atoms with Gasteiger partial charge in [-0.2, -0.15) is 0 Å². The first kappa shape index (κ1) is 22.7. The molecule has 1 atom stereocenters. The van der Waals surface area contributed by atoms with Gasteiger partial charge in [0, 0.05) is 12.2 Å². The van der Waals surface area contributed by atoms with Crippen molar-refractivity contribution in [1.29, 1.82) is 0 Å². The van der Waals surface area contributed by atoms with Crippen molar-refractivity contribution >= 4 is 23.0 Å². The van der Waals surface area contributed by atoms with Gasteiger partial charge in [0.15, 0.2) is 28.1 Å². The zero-order valence-corrected chi connectivity index (χ0v) is 20.1. The molecule has 0 saturated carbocycles. The minimum Gasteiger partial charge on any atom is -0.493 e. The zero-order chi connectivity index (χ0) is 23.4. The fourth-order valence-electron chi connectivity index (χ4n) is 4.26. The third-order valence-electron chi connectivity index (χ3n) is 5.88. The third-order valence-corrected chi connectivity index (χ3v) is 6.22. The summed E-state index contributed by atoms with van der Waals surface area (Å²) in [5.41, 5.74) is 4.30. The molecule has 172 valence electrons. The summed E-state index contributed by atoms with van der Waals surface area (Å²) >= 11 is 5.88. The number of thiocarbonyl (C=S) groups is 1. The van der Waals surface area contributed by atoms with Crippen molar-refractivity contribution in [3.8, 4) is 23.0 Å². The topological polar surface area (TPSA) is 52.2 Å². The van der Waals surface area contributed by atoms with E-state index in [0.717, 1.165) is 35.5 Å². The molecule has 1 heterocycles. The van der Waals surface area contributed by atoms with Gasteiger partial charge in [-0.25, -0.2) is 0 Å². The lowest BCUT2D eigenvalue weighted by Crippen LogP contribution is -2.42. The van der Waals surface area contributed by atoms with Gasteiger partial charge in [-0.05, 0) is 71.7 Å². The number of benzene rings is 3. The smallest absolute Gasteiger partial charge is 0.174 e. The number of para-hydroxylation sites is 1. The molecule has 0 fully saturated rings. The van der Waals surface area contributed by atoms with Gasteiger partial charge in [0.25, 0.3) is 0 Å². The Bertz CT molecular complexity index is 1140. The summed E-state index contributed by atoms with van der Waals surface area (Å²) < 4.78 is 22.2. The average Bonchev–Trinajstić information content (AvgIpc) is 2.87. The van der Waals surface area contributed by atoms with Crippen molar-refractivity contribution in [3.05, 3.63) is 77.4 Å². The van der Waals surface area contributed by atoms with Crippen molar-refractivity contribution in [2.45, 2.75) is 12.5 Å². The summed E-state index contributed by atoms with van der Waals surface area (Å²) in [4.78, 5) is 2.21. The van der Waals surface area contributed by atoms with Gasteiger partial charge >= 0.3 is 0 Å². The van der Waals surface area contributed by atoms with Crippen LogP contribution >= 0.6 is 12.2 Å². The van der Waals surface area contributed by atoms with Crippen LogP contribution in [0.5, 0.6) is 23.0 Å². The molecule has 33 heavy (non-hydrogen) atoms. The molecule has 3 aromatic carbocycles. The normalized spacial score (nSPS) is 14.8. The van der Waals surface area contributed by atoms with Crippen molar-refractivity contribution < 1.29 is 18.9 Å². The third kappa shape index (κ3) is 4.54. The maximum absolute atomic E-state index is 5.88. The lowest BCUT2D eigenvalue weighted by molar-refractivity contribution is 0.327. The molecule has 0 saturated heterocycles. The van der Waals surface area contributed by atoms with E-state index in [1.165, 1.54) is 5.56 Å². The molecule has 1 aliphatic rings. The first-order chi connectivity index (χ1) is 16.1. The van der Waals surface area contributed by atoms with Gasteiger partial charge in [0.2, 0.25) is 0 Å². The Morgan fingerprint density at radius 2 is 1.45 bits per heavy atom. The number of rotatable bonds is 6. The predicted molar refractivity (Wildman–Crippen MR) is 134 cm³/mol. The van der Waals surface area contributed by atoms with Gasteiger partial charge in [-0.3, -0.25) is 0 Å². The number of hydrogen-bond donors (Lipinski definition) is 1. The number of anilines is 1. The molecule has 3 aromatic rings. The average molecular weight is 465 g/mol. The second-order valence-electron chi connectivity index (χ2n) is 7.66.